The molecule has 12 atom stereocenters. The summed E-state index contributed by atoms with van der Waals surface area (Å²) in [7, 11) is 0. The summed E-state index contributed by atoms with van der Waals surface area (Å²) in [6.45, 7) is 4.78. The molecule has 16 heteroatoms. The van der Waals surface area contributed by atoms with E-state index in [2.05, 4.69) is 65.2 Å². The van der Waals surface area contributed by atoms with Crippen molar-refractivity contribution in [3.05, 3.63) is 70.8 Å². The number of ether oxygens (including phenoxy) is 2. The average Bonchev–Trinajstić information content (AvgIpc) is 4.04. The molecule has 366 valence electrons. The number of rotatable bonds is 13. The molecule has 4 bridgehead atoms. The fourth-order valence-corrected chi connectivity index (χ4v) is 17.1. The second-order valence-electron chi connectivity index (χ2n) is 22.5. The molecule has 6 amide bonds. The summed E-state index contributed by atoms with van der Waals surface area (Å²) in [5, 5.41) is 11.6. The molecule has 0 radical (unpaired) electrons. The molecule has 0 aromatic heterocycles. The van der Waals surface area contributed by atoms with Crippen LogP contribution in [0.15, 0.2) is 59.7 Å². The number of hydrogen-bond donors (Lipinski definition) is 4. The summed E-state index contributed by atoms with van der Waals surface area (Å²) >= 11 is 0. The molecule has 4 N–H and O–H groups in total. The van der Waals surface area contributed by atoms with E-state index < -0.39 is 0 Å². The average molecular weight is 951 g/mol. The van der Waals surface area contributed by atoms with E-state index in [0.717, 1.165) is 87.2 Å². The van der Waals surface area contributed by atoms with Gasteiger partial charge in [0.25, 0.3) is 0 Å². The first-order valence-electron chi connectivity index (χ1n) is 26.3. The summed E-state index contributed by atoms with van der Waals surface area (Å²) in [5.41, 5.74) is 8.18. The first-order valence-corrected chi connectivity index (χ1v) is 26.3. The Morgan fingerprint density at radius 2 is 1.06 bits per heavy atom. The standard InChI is InChI=1S/C54H62N8O8/c63-43(55-25-45(65)57-31-7-9-37-35(19-31)53-13-15-59-27-29-11-17-69-39-23-47(67)61(37)51(53)49(39)33(29)21-41(53)59)5-3-1-2-4-6-44(64)56-26-46(66)58-32-8-10-38-36(20-32)54-14-16-60-28-30-12-18-70-40-24-48(68)62(38)52(54)50(40)34(30)22-42(54)60/h7-12,19-20,33-34,39-42,49-52H,1-6,13-18,21-28H2,(H,55,63)(H,56,64)(H,57,65)(H,58,66)/t33-,34-,39-,40-,41-,42-,49-,50-,51-,52-,53+,54+/m0/s1. The van der Waals surface area contributed by atoms with Gasteiger partial charge < -0.3 is 40.5 Å². The number of carbonyl (C=O) groups excluding carboxylic acids is 6. The molecule has 2 aromatic rings. The van der Waals surface area contributed by atoms with Crippen molar-refractivity contribution >= 4 is 58.2 Å². The van der Waals surface area contributed by atoms with Gasteiger partial charge >= 0.3 is 0 Å². The Balaban J connectivity index is 0.527. The van der Waals surface area contributed by atoms with Crippen molar-refractivity contribution in [1.82, 2.24) is 20.4 Å². The lowest BCUT2D eigenvalue weighted by Crippen LogP contribution is -2.69. The number of nitrogens with zero attached hydrogens (tertiary/aromatic N) is 4. The highest BCUT2D eigenvalue weighted by Gasteiger charge is 2.73. The zero-order valence-corrected chi connectivity index (χ0v) is 39.6. The van der Waals surface area contributed by atoms with Crippen molar-refractivity contribution in [3.63, 3.8) is 0 Å². The third-order valence-electron chi connectivity index (χ3n) is 19.6. The van der Waals surface area contributed by atoms with Gasteiger partial charge in [0.2, 0.25) is 35.4 Å². The maximum absolute atomic E-state index is 13.8. The fourth-order valence-electron chi connectivity index (χ4n) is 17.1. The number of nitrogens with one attached hydrogen (secondary N) is 4. The third-order valence-corrected chi connectivity index (χ3v) is 19.6. The topological polar surface area (TPSA) is 182 Å². The van der Waals surface area contributed by atoms with E-state index in [1.165, 1.54) is 11.1 Å². The van der Waals surface area contributed by atoms with E-state index in [1.807, 2.05) is 24.3 Å². The van der Waals surface area contributed by atoms with E-state index in [0.29, 0.717) is 74.2 Å². The van der Waals surface area contributed by atoms with Crippen LogP contribution in [0.3, 0.4) is 0 Å². The summed E-state index contributed by atoms with van der Waals surface area (Å²) in [4.78, 5) is 88.9. The van der Waals surface area contributed by atoms with Gasteiger partial charge in [-0.15, -0.1) is 0 Å². The van der Waals surface area contributed by atoms with Gasteiger partial charge in [-0.2, -0.15) is 0 Å². The number of anilines is 4. The molecule has 6 saturated heterocycles. The molecule has 10 heterocycles. The molecular weight excluding hydrogens is 889 g/mol. The highest BCUT2D eigenvalue weighted by atomic mass is 16.5. The highest BCUT2D eigenvalue weighted by molar-refractivity contribution is 6.02. The predicted molar refractivity (Wildman–Crippen MR) is 258 cm³/mol. The molecule has 2 aromatic carbocycles. The number of fused-ring (bicyclic) bond motifs is 4. The van der Waals surface area contributed by atoms with E-state index in [9.17, 15) is 28.8 Å². The van der Waals surface area contributed by atoms with Crippen molar-refractivity contribution in [2.45, 2.75) is 124 Å². The Morgan fingerprint density at radius 3 is 1.51 bits per heavy atom. The van der Waals surface area contributed by atoms with Crippen LogP contribution in [-0.2, 0) is 49.1 Å². The molecule has 2 saturated carbocycles. The highest BCUT2D eigenvalue weighted by Crippen LogP contribution is 2.68. The first-order chi connectivity index (χ1) is 34.1. The van der Waals surface area contributed by atoms with E-state index in [4.69, 9.17) is 9.47 Å². The second-order valence-corrected chi connectivity index (χ2v) is 22.5. The first kappa shape index (κ1) is 43.4. The lowest BCUT2D eigenvalue weighted by atomic mass is 9.53. The number of carbonyl (C=O) groups is 6. The zero-order valence-electron chi connectivity index (χ0n) is 39.6. The Hall–Kier alpha value is -5.42. The maximum Gasteiger partial charge on any atom is 0.243 e. The molecule has 2 aliphatic carbocycles. The van der Waals surface area contributed by atoms with E-state index >= 15 is 0 Å². The lowest BCUT2D eigenvalue weighted by Gasteiger charge is -2.58. The molecule has 70 heavy (non-hydrogen) atoms. The van der Waals surface area contributed by atoms with Crippen LogP contribution in [0, 0.1) is 23.7 Å². The Labute approximate surface area is 407 Å². The molecule has 0 unspecified atom stereocenters. The van der Waals surface area contributed by atoms with Crippen LogP contribution < -0.4 is 31.1 Å². The number of amides is 6. The second kappa shape index (κ2) is 16.0. The van der Waals surface area contributed by atoms with Crippen LogP contribution in [0.5, 0.6) is 0 Å². The number of benzene rings is 2. The van der Waals surface area contributed by atoms with Gasteiger partial charge in [-0.25, -0.2) is 0 Å². The van der Waals surface area contributed by atoms with Crippen molar-refractivity contribution in [2.24, 2.45) is 23.7 Å². The van der Waals surface area contributed by atoms with Gasteiger partial charge in [0.05, 0.1) is 63.4 Å². The van der Waals surface area contributed by atoms with Crippen LogP contribution in [-0.4, -0.2) is 134 Å². The molecular formula is C54H62N8O8. The van der Waals surface area contributed by atoms with Crippen LogP contribution >= 0.6 is 0 Å². The lowest BCUT2D eigenvalue weighted by molar-refractivity contribution is -0.133. The SMILES string of the molecule is O=C(CCCCCCC(=O)NCC(=O)Nc1ccc2c(c1)[C@@]13CCN4CC5=CCO[C@H]6CC(=O)N2[C@H]1[C@H]6[C@H]5C[C@H]43)NCC(=O)Nc1ccc2c(c1)[C@@]13CCN4CC5=CCO[C@H]6CC(=O)N2[C@H]1[C@H]6[C@H]5C[C@H]43. The summed E-state index contributed by atoms with van der Waals surface area (Å²) < 4.78 is 12.7. The van der Waals surface area contributed by atoms with Crippen LogP contribution in [0.4, 0.5) is 22.7 Å². The Bertz CT molecular complexity index is 2540. The largest absolute Gasteiger partial charge is 0.373 e. The minimum atomic E-state index is -0.302. The van der Waals surface area contributed by atoms with Crippen LogP contribution in [0.2, 0.25) is 0 Å². The predicted octanol–water partition coefficient (Wildman–Crippen LogP) is 3.65. The summed E-state index contributed by atoms with van der Waals surface area (Å²) in [6.07, 6.45) is 12.6. The third kappa shape index (κ3) is 6.20. The van der Waals surface area contributed by atoms with Crippen molar-refractivity contribution in [3.8, 4) is 0 Å². The van der Waals surface area contributed by atoms with Crippen molar-refractivity contribution in [2.75, 3.05) is 72.9 Å². The molecule has 14 rings (SSSR count). The van der Waals surface area contributed by atoms with Gasteiger partial charge in [-0.1, -0.05) is 36.1 Å². The Morgan fingerprint density at radius 1 is 0.600 bits per heavy atom. The normalized spacial score (nSPS) is 36.1. The minimum absolute atomic E-state index is 0.0515. The monoisotopic (exact) mass is 950 g/mol. The quantitative estimate of drug-likeness (QED) is 0.171. The fraction of sp³-hybridized carbons (Fsp3) is 0.593. The molecule has 16 nitrogen and oxygen atoms in total. The van der Waals surface area contributed by atoms with Gasteiger partial charge in [0.1, 0.15) is 0 Å². The number of piperidine rings is 4. The van der Waals surface area contributed by atoms with Gasteiger partial charge in [0.15, 0.2) is 0 Å². The summed E-state index contributed by atoms with van der Waals surface area (Å²) in [6, 6.07) is 12.7. The summed E-state index contributed by atoms with van der Waals surface area (Å²) in [5.74, 6) is 0.644. The number of unbranched alkanes of at least 4 members (excludes halogenated alkanes) is 3. The van der Waals surface area contributed by atoms with Crippen LogP contribution in [0.25, 0.3) is 0 Å². The van der Waals surface area contributed by atoms with E-state index in [1.54, 1.807) is 0 Å². The van der Waals surface area contributed by atoms with Crippen molar-refractivity contribution < 1.29 is 38.2 Å². The molecule has 8 fully saturated rings. The minimum Gasteiger partial charge on any atom is -0.373 e. The smallest absolute Gasteiger partial charge is 0.243 e. The molecule has 12 aliphatic rings. The Kier molecular flexibility index (Phi) is 9.94. The molecule has 2 spiro atoms. The van der Waals surface area contributed by atoms with Gasteiger partial charge in [-0.05, 0) is 111 Å². The van der Waals surface area contributed by atoms with Gasteiger partial charge in [-0.3, -0.25) is 38.6 Å². The van der Waals surface area contributed by atoms with Gasteiger partial charge in [0, 0.05) is 83.4 Å². The van der Waals surface area contributed by atoms with Crippen molar-refractivity contribution in [1.29, 1.82) is 0 Å². The number of hydrogen-bond acceptors (Lipinski definition) is 10. The zero-order chi connectivity index (χ0) is 47.2. The van der Waals surface area contributed by atoms with Crippen LogP contribution in [0.1, 0.15) is 88.2 Å². The molecule has 10 aliphatic heterocycles. The maximum atomic E-state index is 13.8. The van der Waals surface area contributed by atoms with E-state index in [-0.39, 0.29) is 108 Å².